The van der Waals surface area contributed by atoms with Crippen molar-refractivity contribution in [1.82, 2.24) is 15.3 Å². The van der Waals surface area contributed by atoms with Gasteiger partial charge in [-0.25, -0.2) is 4.98 Å². The largest absolute Gasteiger partial charge is 0.457 e. The molecule has 4 aromatic carbocycles. The predicted octanol–water partition coefficient (Wildman–Crippen LogP) is 7.02. The monoisotopic (exact) mass is 475 g/mol. The molecule has 0 saturated carbocycles. The number of hydrogen-bond donors (Lipinski definition) is 2. The molecule has 35 heavy (non-hydrogen) atoms. The molecule has 0 unspecified atom stereocenters. The van der Waals surface area contributed by atoms with E-state index in [-0.39, 0.29) is 17.7 Å². The Hall–Kier alpha value is -4.33. The number of fused-ring (bicyclic) bond motifs is 2. The van der Waals surface area contributed by atoms with Crippen LogP contribution in [-0.2, 0) is 6.18 Å². The lowest BCUT2D eigenvalue weighted by molar-refractivity contribution is -0.137. The average molecular weight is 475 g/mol. The highest BCUT2D eigenvalue weighted by Gasteiger charge is 2.30. The van der Waals surface area contributed by atoms with Gasteiger partial charge in [0.25, 0.3) is 5.91 Å². The van der Waals surface area contributed by atoms with Crippen LogP contribution in [0.15, 0.2) is 85.2 Å². The van der Waals surface area contributed by atoms with Crippen molar-refractivity contribution >= 4 is 27.7 Å². The van der Waals surface area contributed by atoms with Crippen LogP contribution in [-0.4, -0.2) is 15.9 Å². The lowest BCUT2D eigenvalue weighted by Crippen LogP contribution is -2.26. The quantitative estimate of drug-likeness (QED) is 0.287. The second-order valence-corrected chi connectivity index (χ2v) is 8.16. The minimum Gasteiger partial charge on any atom is -0.457 e. The lowest BCUT2D eigenvalue weighted by Gasteiger charge is -2.16. The van der Waals surface area contributed by atoms with E-state index in [1.54, 1.807) is 36.7 Å². The molecule has 176 valence electrons. The van der Waals surface area contributed by atoms with E-state index in [2.05, 4.69) is 15.3 Å². The van der Waals surface area contributed by atoms with Gasteiger partial charge in [-0.15, -0.1) is 0 Å². The van der Waals surface area contributed by atoms with Crippen LogP contribution in [0.5, 0.6) is 11.5 Å². The third kappa shape index (κ3) is 4.55. The average Bonchev–Trinajstić information content (AvgIpc) is 3.33. The third-order valence-corrected chi connectivity index (χ3v) is 5.81. The highest BCUT2D eigenvalue weighted by atomic mass is 19.4. The van der Waals surface area contributed by atoms with E-state index in [4.69, 9.17) is 4.74 Å². The van der Waals surface area contributed by atoms with Crippen LogP contribution in [0.2, 0.25) is 0 Å². The van der Waals surface area contributed by atoms with Gasteiger partial charge in [-0.1, -0.05) is 24.3 Å². The summed E-state index contributed by atoms with van der Waals surface area (Å²) >= 11 is 0. The predicted molar refractivity (Wildman–Crippen MR) is 127 cm³/mol. The number of amides is 1. The number of aromatic nitrogens is 2. The third-order valence-electron chi connectivity index (χ3n) is 5.81. The first-order chi connectivity index (χ1) is 16.8. The Morgan fingerprint density at radius 1 is 1.00 bits per heavy atom. The molecule has 1 heterocycles. The SMILES string of the molecule is C[C@@H](NC(=O)c1ccc2c(Oc3ccc(C(F)(F)F)cc3)cccc2c1)c1cccc2nc[nH]c12. The number of nitrogens with zero attached hydrogens (tertiary/aromatic N) is 1. The maximum absolute atomic E-state index is 13.0. The molecule has 0 bridgehead atoms. The molecule has 0 saturated heterocycles. The number of carbonyl (C=O) groups excluding carboxylic acids is 1. The molecule has 1 atom stereocenters. The smallest absolute Gasteiger partial charge is 0.416 e. The van der Waals surface area contributed by atoms with Gasteiger partial charge in [0.15, 0.2) is 0 Å². The first-order valence-electron chi connectivity index (χ1n) is 10.9. The van der Waals surface area contributed by atoms with E-state index < -0.39 is 11.7 Å². The summed E-state index contributed by atoms with van der Waals surface area (Å²) in [6, 6.07) is 20.6. The van der Waals surface area contributed by atoms with Crippen molar-refractivity contribution < 1.29 is 22.7 Å². The first-order valence-corrected chi connectivity index (χ1v) is 10.9. The molecule has 2 N–H and O–H groups in total. The van der Waals surface area contributed by atoms with E-state index in [1.165, 1.54) is 12.1 Å². The highest BCUT2D eigenvalue weighted by Crippen LogP contribution is 2.34. The van der Waals surface area contributed by atoms with E-state index in [0.717, 1.165) is 39.5 Å². The number of H-pyrrole nitrogens is 1. The number of alkyl halides is 3. The summed E-state index contributed by atoms with van der Waals surface area (Å²) in [6.45, 7) is 1.91. The minimum atomic E-state index is -4.41. The molecule has 5 nitrogen and oxygen atoms in total. The summed E-state index contributed by atoms with van der Waals surface area (Å²) in [5, 5.41) is 4.53. The Morgan fingerprint density at radius 3 is 2.54 bits per heavy atom. The summed E-state index contributed by atoms with van der Waals surface area (Å²) in [5.74, 6) is 0.535. The molecule has 0 aliphatic carbocycles. The number of para-hydroxylation sites is 1. The van der Waals surface area contributed by atoms with Crippen molar-refractivity contribution in [2.45, 2.75) is 19.1 Å². The zero-order valence-corrected chi connectivity index (χ0v) is 18.6. The number of aromatic amines is 1. The normalized spacial score (nSPS) is 12.6. The van der Waals surface area contributed by atoms with Crippen LogP contribution in [0.4, 0.5) is 13.2 Å². The van der Waals surface area contributed by atoms with E-state index in [9.17, 15) is 18.0 Å². The van der Waals surface area contributed by atoms with Crippen LogP contribution < -0.4 is 10.1 Å². The fraction of sp³-hybridized carbons (Fsp3) is 0.111. The lowest BCUT2D eigenvalue weighted by atomic mass is 10.0. The number of ether oxygens (including phenoxy) is 1. The van der Waals surface area contributed by atoms with Gasteiger partial charge in [0.05, 0.1) is 29.0 Å². The van der Waals surface area contributed by atoms with Crippen LogP contribution in [0.3, 0.4) is 0 Å². The Labute approximate surface area is 198 Å². The van der Waals surface area contributed by atoms with Crippen molar-refractivity contribution in [3.8, 4) is 11.5 Å². The molecule has 0 aliphatic heterocycles. The Balaban J connectivity index is 1.36. The maximum atomic E-state index is 13.0. The van der Waals surface area contributed by atoms with Gasteiger partial charge in [-0.2, -0.15) is 13.2 Å². The molecule has 0 fully saturated rings. The van der Waals surface area contributed by atoms with Crippen LogP contribution in [0.1, 0.15) is 34.5 Å². The van der Waals surface area contributed by atoms with Gasteiger partial charge in [-0.05, 0) is 72.5 Å². The van der Waals surface area contributed by atoms with Gasteiger partial charge in [-0.3, -0.25) is 4.79 Å². The molecular formula is C27H20F3N3O2. The number of hydrogen-bond acceptors (Lipinski definition) is 3. The molecule has 1 aromatic heterocycles. The molecule has 5 rings (SSSR count). The summed E-state index contributed by atoms with van der Waals surface area (Å²) in [5.41, 5.74) is 2.38. The summed E-state index contributed by atoms with van der Waals surface area (Å²) < 4.78 is 44.3. The standard InChI is InChI=1S/C27H20F3N3O2/c1-16(21-5-3-6-23-25(21)32-15-31-23)33-26(34)18-8-13-22-17(14-18)4-2-7-24(22)35-20-11-9-19(10-12-20)27(28,29)30/h2-16H,1H3,(H,31,32)(H,33,34)/t16-/m1/s1. The van der Waals surface area contributed by atoms with E-state index in [1.807, 2.05) is 31.2 Å². The van der Waals surface area contributed by atoms with Gasteiger partial charge in [0.1, 0.15) is 11.5 Å². The molecular weight excluding hydrogens is 455 g/mol. The second-order valence-electron chi connectivity index (χ2n) is 8.16. The molecule has 0 radical (unpaired) electrons. The molecule has 0 aliphatic rings. The van der Waals surface area contributed by atoms with Gasteiger partial charge in [0, 0.05) is 10.9 Å². The van der Waals surface area contributed by atoms with Crippen LogP contribution in [0.25, 0.3) is 21.8 Å². The molecule has 0 spiro atoms. The topological polar surface area (TPSA) is 67.0 Å². The van der Waals surface area contributed by atoms with Gasteiger partial charge >= 0.3 is 6.18 Å². The first kappa shape index (κ1) is 22.5. The number of halogens is 3. The molecule has 5 aromatic rings. The minimum absolute atomic E-state index is 0.232. The van der Waals surface area contributed by atoms with Crippen LogP contribution >= 0.6 is 0 Å². The second kappa shape index (κ2) is 8.79. The van der Waals surface area contributed by atoms with Crippen molar-refractivity contribution in [2.24, 2.45) is 0 Å². The highest BCUT2D eigenvalue weighted by molar-refractivity contribution is 6.00. The molecule has 1 amide bonds. The number of carbonyl (C=O) groups is 1. The van der Waals surface area contributed by atoms with Crippen molar-refractivity contribution in [3.05, 3.63) is 102 Å². The van der Waals surface area contributed by atoms with E-state index in [0.29, 0.717) is 11.3 Å². The number of benzene rings is 4. The van der Waals surface area contributed by atoms with Gasteiger partial charge in [0.2, 0.25) is 0 Å². The Bertz CT molecular complexity index is 1520. The number of imidazole rings is 1. The Morgan fingerprint density at radius 2 is 1.77 bits per heavy atom. The number of nitrogens with one attached hydrogen (secondary N) is 2. The fourth-order valence-corrected chi connectivity index (χ4v) is 4.03. The van der Waals surface area contributed by atoms with Crippen molar-refractivity contribution in [1.29, 1.82) is 0 Å². The zero-order valence-electron chi connectivity index (χ0n) is 18.6. The number of rotatable bonds is 5. The summed E-state index contributed by atoms with van der Waals surface area (Å²) in [6.07, 6.45) is -2.78. The Kier molecular flexibility index (Phi) is 5.64. The zero-order chi connectivity index (χ0) is 24.6. The van der Waals surface area contributed by atoms with Crippen LogP contribution in [0, 0.1) is 0 Å². The van der Waals surface area contributed by atoms with Gasteiger partial charge < -0.3 is 15.0 Å². The van der Waals surface area contributed by atoms with Crippen molar-refractivity contribution in [3.63, 3.8) is 0 Å². The molecule has 8 heteroatoms. The summed E-state index contributed by atoms with van der Waals surface area (Å²) in [7, 11) is 0. The summed E-state index contributed by atoms with van der Waals surface area (Å²) in [4.78, 5) is 20.3. The van der Waals surface area contributed by atoms with E-state index >= 15 is 0 Å². The van der Waals surface area contributed by atoms with Crippen molar-refractivity contribution in [2.75, 3.05) is 0 Å². The fourth-order valence-electron chi connectivity index (χ4n) is 4.03. The maximum Gasteiger partial charge on any atom is 0.416 e.